The van der Waals surface area contributed by atoms with Crippen molar-refractivity contribution in [1.29, 1.82) is 0 Å². The highest BCUT2D eigenvalue weighted by Gasteiger charge is 2.40. The van der Waals surface area contributed by atoms with Crippen LogP contribution in [0.2, 0.25) is 0 Å². The first-order chi connectivity index (χ1) is 53.1. The van der Waals surface area contributed by atoms with Crippen molar-refractivity contribution in [1.82, 2.24) is 29.4 Å². The number of benzene rings is 3. The van der Waals surface area contributed by atoms with Crippen LogP contribution in [0.25, 0.3) is 32.9 Å². The first kappa shape index (κ1) is 79.2. The molecule has 30 nitrogen and oxygen atoms in total. The van der Waals surface area contributed by atoms with Crippen LogP contribution in [-0.2, 0) is 42.6 Å². The van der Waals surface area contributed by atoms with E-state index >= 15 is 0 Å². The number of morpholine rings is 6. The van der Waals surface area contributed by atoms with Gasteiger partial charge in [0.15, 0.2) is 33.9 Å². The highest BCUT2D eigenvalue weighted by Crippen LogP contribution is 2.42. The molecule has 596 valence electrons. The third kappa shape index (κ3) is 18.7. The number of ether oxygens (including phenoxy) is 9. The molecular formula is C81H101N9O21. The van der Waals surface area contributed by atoms with Crippen LogP contribution in [0.4, 0.5) is 32.0 Å². The van der Waals surface area contributed by atoms with E-state index in [1.807, 2.05) is 95.2 Å². The van der Waals surface area contributed by atoms with Gasteiger partial charge in [0, 0.05) is 149 Å². The molecular weight excluding hydrogens is 1430 g/mol. The molecule has 12 heterocycles. The zero-order valence-electron chi connectivity index (χ0n) is 64.8. The van der Waals surface area contributed by atoms with Gasteiger partial charge in [-0.05, 0) is 118 Å². The van der Waals surface area contributed by atoms with E-state index in [9.17, 15) is 43.2 Å². The minimum absolute atomic E-state index is 0.162. The largest absolute Gasteiger partial charge is 0.444 e. The monoisotopic (exact) mass is 1540 g/mol. The lowest BCUT2D eigenvalue weighted by Gasteiger charge is -2.30. The maximum Gasteiger partial charge on any atom is 0.414 e. The Morgan fingerprint density at radius 1 is 0.378 bits per heavy atom. The number of rotatable bonds is 9. The molecule has 0 radical (unpaired) electrons. The molecule has 0 aliphatic carbocycles. The number of nitrogens with zero attached hydrogens (tertiary/aromatic N) is 9. The second kappa shape index (κ2) is 34.0. The molecule has 15 rings (SSSR count). The number of likely N-dealkylation sites (tertiary alicyclic amines) is 1. The second-order valence-corrected chi connectivity index (χ2v) is 31.5. The third-order valence-electron chi connectivity index (χ3n) is 20.2. The number of hydrogen-bond donors (Lipinski definition) is 0. The smallest absolute Gasteiger partial charge is 0.414 e. The molecule has 6 aromatic rings. The van der Waals surface area contributed by atoms with Gasteiger partial charge in [0.1, 0.15) is 33.6 Å². The molecule has 3 aromatic heterocycles. The van der Waals surface area contributed by atoms with Gasteiger partial charge in [0.2, 0.25) is 0 Å². The van der Waals surface area contributed by atoms with E-state index in [2.05, 4.69) is 0 Å². The molecule has 0 spiro atoms. The molecule has 6 amide bonds. The van der Waals surface area contributed by atoms with E-state index in [0.717, 1.165) is 6.42 Å². The molecule has 7 saturated heterocycles. The molecule has 0 bridgehead atoms. The second-order valence-electron chi connectivity index (χ2n) is 31.5. The van der Waals surface area contributed by atoms with E-state index in [-0.39, 0.29) is 40.0 Å². The first-order valence-corrected chi connectivity index (χ1v) is 38.4. The van der Waals surface area contributed by atoms with Gasteiger partial charge >= 0.3 is 18.3 Å². The molecule has 0 saturated carbocycles. The Balaban J connectivity index is 0.000000146. The van der Waals surface area contributed by atoms with Gasteiger partial charge in [-0.2, -0.15) is 0 Å². The summed E-state index contributed by atoms with van der Waals surface area (Å²) in [4.78, 5) is 136. The van der Waals surface area contributed by atoms with E-state index in [1.54, 1.807) is 67.1 Å². The average Bonchev–Trinajstić information content (AvgIpc) is 1.76. The van der Waals surface area contributed by atoms with Crippen molar-refractivity contribution in [3.8, 4) is 0 Å². The van der Waals surface area contributed by atoms with Gasteiger partial charge in [-0.3, -0.25) is 38.6 Å². The summed E-state index contributed by atoms with van der Waals surface area (Å²) in [6, 6.07) is 13.1. The predicted molar refractivity (Wildman–Crippen MR) is 411 cm³/mol. The van der Waals surface area contributed by atoms with E-state index in [1.165, 1.54) is 23.1 Å². The molecule has 3 atom stereocenters. The lowest BCUT2D eigenvalue weighted by atomic mass is 9.97. The van der Waals surface area contributed by atoms with Crippen LogP contribution in [0.3, 0.4) is 0 Å². The quantitative estimate of drug-likeness (QED) is 0.0960. The third-order valence-corrected chi connectivity index (χ3v) is 20.2. The zero-order chi connectivity index (χ0) is 78.5. The van der Waals surface area contributed by atoms with Gasteiger partial charge in [0.05, 0.1) is 114 Å². The summed E-state index contributed by atoms with van der Waals surface area (Å²) in [5, 5.41) is 0.944. The summed E-state index contributed by atoms with van der Waals surface area (Å²) in [6.07, 6.45) is 7.86. The Hall–Kier alpha value is -9.85. The summed E-state index contributed by atoms with van der Waals surface area (Å²) in [6.45, 7) is 29.9. The molecule has 9 aliphatic rings. The fraction of sp³-hybridized carbons (Fsp3) is 0.543. The van der Waals surface area contributed by atoms with Crippen LogP contribution in [0.1, 0.15) is 147 Å². The fourth-order valence-electron chi connectivity index (χ4n) is 14.8. The van der Waals surface area contributed by atoms with Crippen LogP contribution in [0.5, 0.6) is 0 Å². The predicted octanol–water partition coefficient (Wildman–Crippen LogP) is 9.42. The molecule has 3 aromatic carbocycles. The van der Waals surface area contributed by atoms with Gasteiger partial charge in [-0.1, -0.05) is 18.2 Å². The normalized spacial score (nSPS) is 20.7. The summed E-state index contributed by atoms with van der Waals surface area (Å²) in [5.74, 6) is 0.831. The number of amides is 6. The van der Waals surface area contributed by atoms with Crippen molar-refractivity contribution in [3.63, 3.8) is 0 Å². The summed E-state index contributed by atoms with van der Waals surface area (Å²) >= 11 is 0. The van der Waals surface area contributed by atoms with E-state index in [0.29, 0.717) is 268 Å². The molecule has 111 heavy (non-hydrogen) atoms. The Labute approximate surface area is 643 Å². The Bertz CT molecular complexity index is 4510. The number of carbonyl (C=O) groups is 6. The summed E-state index contributed by atoms with van der Waals surface area (Å²) in [7, 11) is 0. The number of carbonyl (C=O) groups excluding carboxylic acids is 6. The van der Waals surface area contributed by atoms with Crippen LogP contribution < -0.4 is 31.0 Å². The van der Waals surface area contributed by atoms with Crippen molar-refractivity contribution in [2.75, 3.05) is 186 Å². The van der Waals surface area contributed by atoms with Gasteiger partial charge in [0.25, 0.3) is 17.7 Å². The van der Waals surface area contributed by atoms with E-state index in [4.69, 9.17) is 55.9 Å². The number of hydrogen-bond acceptors (Lipinski definition) is 24. The maximum absolute atomic E-state index is 13.4. The van der Waals surface area contributed by atoms with Crippen molar-refractivity contribution < 1.29 is 84.7 Å². The molecule has 9 aliphatic heterocycles. The maximum atomic E-state index is 13.4. The lowest BCUT2D eigenvalue weighted by molar-refractivity contribution is 0.0219. The Morgan fingerprint density at radius 2 is 0.712 bits per heavy atom. The summed E-state index contributed by atoms with van der Waals surface area (Å²) in [5.41, 5.74) is 1.43. The van der Waals surface area contributed by atoms with Crippen molar-refractivity contribution >= 4 is 86.6 Å². The fourth-order valence-corrected chi connectivity index (χ4v) is 14.8. The Kier molecular flexibility index (Phi) is 24.3. The van der Waals surface area contributed by atoms with Gasteiger partial charge in [-0.15, -0.1) is 0 Å². The number of anilines is 3. The molecule has 7 fully saturated rings. The van der Waals surface area contributed by atoms with Gasteiger partial charge in [-0.25, -0.2) is 14.4 Å². The summed E-state index contributed by atoms with van der Waals surface area (Å²) < 4.78 is 68.6. The molecule has 0 N–H and O–H groups in total. The number of fused-ring (bicyclic) bond motifs is 3. The van der Waals surface area contributed by atoms with Crippen LogP contribution in [0.15, 0.2) is 107 Å². The van der Waals surface area contributed by atoms with Crippen LogP contribution >= 0.6 is 0 Å². The Morgan fingerprint density at radius 3 is 1.09 bits per heavy atom. The highest BCUT2D eigenvalue weighted by molar-refractivity contribution is 6.01. The van der Waals surface area contributed by atoms with Crippen molar-refractivity contribution in [2.24, 2.45) is 0 Å². The van der Waals surface area contributed by atoms with E-state index < -0.39 is 47.2 Å². The molecule has 3 unspecified atom stereocenters. The van der Waals surface area contributed by atoms with Crippen LogP contribution in [-0.4, -0.2) is 253 Å². The van der Waals surface area contributed by atoms with Crippen LogP contribution in [0, 0.1) is 0 Å². The topological polar surface area (TPSA) is 305 Å². The molecule has 30 heteroatoms. The van der Waals surface area contributed by atoms with Crippen molar-refractivity contribution in [2.45, 2.75) is 117 Å². The lowest BCUT2D eigenvalue weighted by Crippen LogP contribution is -2.41. The minimum Gasteiger partial charge on any atom is -0.444 e. The zero-order valence-corrected chi connectivity index (χ0v) is 64.8. The average molecular weight is 1540 g/mol. The SMILES string of the molecule is CC(C)(C)OC(=O)N1C=CCC1c1cc(C(=O)N2CCOCC2)cc2c(=O)cc(N3CCOCC3)oc12.CC(C)(C)OC(=O)N1CC=CC1c1cc(C(=O)N2CCOCC2)cc2c(=O)cc(N3CCOCC3)oc12.CC(C)(C)OC(=O)N1CCCC1c1cc(C(=O)N2CCOCC2)cc2c(=O)cc(N3CCOCC3)oc12. The highest BCUT2D eigenvalue weighted by atomic mass is 16.6. The van der Waals surface area contributed by atoms with Gasteiger partial charge < -0.3 is 90.2 Å². The standard InChI is InChI=1S/C27H35N3O7.2C27H33N3O7/c3*1-27(2,3)37-26(33)30-6-4-5-21(30)19-15-18(25(32)29-9-13-35-14-10-29)16-20-22(31)17-23(36-24(19)20)28-7-11-34-12-8-28/h15-17,21H,4-14H2,1-3H3;4,6,15-17,21H,5,7-14H2,1-3H3;4-5,15-17,21H,6-14H2,1-3H3. The minimum atomic E-state index is -0.676. The van der Waals surface area contributed by atoms with Crippen molar-refractivity contribution in [3.05, 3.63) is 143 Å². The first-order valence-electron chi connectivity index (χ1n) is 38.4.